The second-order valence-electron chi connectivity index (χ2n) is 3.42. The number of ether oxygens (including phenoxy) is 1. The number of carbonyl (C=O) groups excluding carboxylic acids is 1. The number of benzene rings is 1. The van der Waals surface area contributed by atoms with Crippen LogP contribution in [0.3, 0.4) is 0 Å². The maximum Gasteiger partial charge on any atom is 0.324 e. The van der Waals surface area contributed by atoms with Gasteiger partial charge in [-0.2, -0.15) is 0 Å². The Bertz CT molecular complexity index is 418. The zero-order valence-electron chi connectivity index (χ0n) is 9.20. The summed E-state index contributed by atoms with van der Waals surface area (Å²) in [5, 5.41) is 10.4. The van der Waals surface area contributed by atoms with E-state index in [9.17, 15) is 14.9 Å². The Labute approximate surface area is 97.5 Å². The maximum absolute atomic E-state index is 11.2. The molecule has 0 radical (unpaired) electrons. The normalized spacial score (nSPS) is 13.8. The van der Waals surface area contributed by atoms with Gasteiger partial charge in [-0.05, 0) is 5.56 Å². The van der Waals surface area contributed by atoms with Crippen molar-refractivity contribution in [2.45, 2.75) is 12.1 Å². The molecule has 0 saturated heterocycles. The SMILES string of the molecule is COC(=O)[C@H](N)[C@@H](N)c1ccc([N+](=O)[O-])cc1. The zero-order valence-corrected chi connectivity index (χ0v) is 9.20. The van der Waals surface area contributed by atoms with Crippen LogP contribution < -0.4 is 11.5 Å². The molecule has 1 aromatic carbocycles. The molecule has 0 aliphatic rings. The van der Waals surface area contributed by atoms with Crippen LogP contribution in [0.2, 0.25) is 0 Å². The summed E-state index contributed by atoms with van der Waals surface area (Å²) in [6.07, 6.45) is 0. The molecule has 1 aromatic rings. The molecule has 7 heteroatoms. The second-order valence-corrected chi connectivity index (χ2v) is 3.42. The molecule has 0 aliphatic carbocycles. The van der Waals surface area contributed by atoms with Crippen LogP contribution in [0.25, 0.3) is 0 Å². The standard InChI is InChI=1S/C10H13N3O4/c1-17-10(14)9(12)8(11)6-2-4-7(5-3-6)13(15)16/h2-5,8-9H,11-12H2,1H3/t8-,9+/m0/s1. The monoisotopic (exact) mass is 239 g/mol. The number of nitro groups is 1. The summed E-state index contributed by atoms with van der Waals surface area (Å²) in [5.74, 6) is -0.629. The molecule has 0 heterocycles. The van der Waals surface area contributed by atoms with Crippen LogP contribution >= 0.6 is 0 Å². The first-order valence-corrected chi connectivity index (χ1v) is 4.80. The van der Waals surface area contributed by atoms with Gasteiger partial charge in [-0.1, -0.05) is 12.1 Å². The summed E-state index contributed by atoms with van der Waals surface area (Å²) < 4.78 is 4.46. The first-order chi connectivity index (χ1) is 7.97. The van der Waals surface area contributed by atoms with E-state index in [1.807, 2.05) is 0 Å². The van der Waals surface area contributed by atoms with E-state index in [4.69, 9.17) is 11.5 Å². The van der Waals surface area contributed by atoms with Crippen molar-refractivity contribution in [2.75, 3.05) is 7.11 Å². The number of nitro benzene ring substituents is 1. The smallest absolute Gasteiger partial charge is 0.324 e. The summed E-state index contributed by atoms with van der Waals surface area (Å²) in [4.78, 5) is 21.1. The molecule has 1 rings (SSSR count). The van der Waals surface area contributed by atoms with Gasteiger partial charge >= 0.3 is 5.97 Å². The van der Waals surface area contributed by atoms with E-state index in [0.717, 1.165) is 0 Å². The third kappa shape index (κ3) is 2.99. The molecule has 0 bridgehead atoms. The van der Waals surface area contributed by atoms with Gasteiger partial charge in [0, 0.05) is 12.1 Å². The summed E-state index contributed by atoms with van der Waals surface area (Å²) in [6.45, 7) is 0. The van der Waals surface area contributed by atoms with E-state index in [1.54, 1.807) is 0 Å². The highest BCUT2D eigenvalue weighted by Gasteiger charge is 2.23. The van der Waals surface area contributed by atoms with Crippen LogP contribution in [0, 0.1) is 10.1 Å². The molecule has 2 atom stereocenters. The van der Waals surface area contributed by atoms with Crippen LogP contribution in [0.15, 0.2) is 24.3 Å². The van der Waals surface area contributed by atoms with Gasteiger partial charge in [-0.15, -0.1) is 0 Å². The first kappa shape index (κ1) is 13.1. The Morgan fingerprint density at radius 1 is 1.35 bits per heavy atom. The number of non-ortho nitro benzene ring substituents is 1. The number of esters is 1. The highest BCUT2D eigenvalue weighted by molar-refractivity contribution is 5.76. The third-order valence-corrected chi connectivity index (χ3v) is 2.35. The fourth-order valence-corrected chi connectivity index (χ4v) is 1.31. The first-order valence-electron chi connectivity index (χ1n) is 4.80. The van der Waals surface area contributed by atoms with Gasteiger partial charge in [-0.3, -0.25) is 14.9 Å². The number of methoxy groups -OCH3 is 1. The van der Waals surface area contributed by atoms with Crippen LogP contribution in [0.4, 0.5) is 5.69 Å². The molecule has 0 unspecified atom stereocenters. The lowest BCUT2D eigenvalue weighted by Crippen LogP contribution is -2.41. The fourth-order valence-electron chi connectivity index (χ4n) is 1.31. The highest BCUT2D eigenvalue weighted by atomic mass is 16.6. The molecule has 4 N–H and O–H groups in total. The molecule has 0 aromatic heterocycles. The summed E-state index contributed by atoms with van der Waals surface area (Å²) in [5.41, 5.74) is 11.8. The van der Waals surface area contributed by atoms with Crippen molar-refractivity contribution >= 4 is 11.7 Å². The Morgan fingerprint density at radius 2 is 1.88 bits per heavy atom. The van der Waals surface area contributed by atoms with Crippen LogP contribution in [0.1, 0.15) is 11.6 Å². The minimum atomic E-state index is -0.999. The average molecular weight is 239 g/mol. The van der Waals surface area contributed by atoms with E-state index in [-0.39, 0.29) is 5.69 Å². The van der Waals surface area contributed by atoms with Gasteiger partial charge in [-0.25, -0.2) is 0 Å². The number of nitrogens with two attached hydrogens (primary N) is 2. The minimum Gasteiger partial charge on any atom is -0.468 e. The predicted molar refractivity (Wildman–Crippen MR) is 60.0 cm³/mol. The lowest BCUT2D eigenvalue weighted by atomic mass is 10.0. The van der Waals surface area contributed by atoms with E-state index in [2.05, 4.69) is 4.74 Å². The van der Waals surface area contributed by atoms with E-state index >= 15 is 0 Å². The molecule has 7 nitrogen and oxygen atoms in total. The van der Waals surface area contributed by atoms with Gasteiger partial charge in [0.1, 0.15) is 6.04 Å². The Hall–Kier alpha value is -1.99. The van der Waals surface area contributed by atoms with Gasteiger partial charge < -0.3 is 16.2 Å². The van der Waals surface area contributed by atoms with Crippen LogP contribution in [-0.2, 0) is 9.53 Å². The third-order valence-electron chi connectivity index (χ3n) is 2.35. The van der Waals surface area contributed by atoms with Crippen LogP contribution in [0.5, 0.6) is 0 Å². The lowest BCUT2D eigenvalue weighted by Gasteiger charge is -2.17. The average Bonchev–Trinajstić information content (AvgIpc) is 2.36. The van der Waals surface area contributed by atoms with E-state index in [0.29, 0.717) is 5.56 Å². The molecular formula is C10H13N3O4. The zero-order chi connectivity index (χ0) is 13.0. The largest absolute Gasteiger partial charge is 0.468 e. The van der Waals surface area contributed by atoms with Crippen molar-refractivity contribution in [3.63, 3.8) is 0 Å². The van der Waals surface area contributed by atoms with E-state index in [1.165, 1.54) is 31.4 Å². The van der Waals surface area contributed by atoms with Crippen molar-refractivity contribution in [2.24, 2.45) is 11.5 Å². The fraction of sp³-hybridized carbons (Fsp3) is 0.300. The summed E-state index contributed by atoms with van der Waals surface area (Å²) in [6, 6.07) is 3.78. The Balaban J connectivity index is 2.86. The Kier molecular flexibility index (Phi) is 4.13. The molecule has 17 heavy (non-hydrogen) atoms. The molecule has 92 valence electrons. The van der Waals surface area contributed by atoms with Crippen LogP contribution in [-0.4, -0.2) is 24.0 Å². The van der Waals surface area contributed by atoms with Crippen molar-refractivity contribution in [3.8, 4) is 0 Å². The van der Waals surface area contributed by atoms with Gasteiger partial charge in [0.05, 0.1) is 18.1 Å². The number of carbonyl (C=O) groups is 1. The number of hydrogen-bond acceptors (Lipinski definition) is 6. The van der Waals surface area contributed by atoms with Gasteiger partial charge in [0.15, 0.2) is 0 Å². The van der Waals surface area contributed by atoms with Crippen molar-refractivity contribution < 1.29 is 14.5 Å². The second kappa shape index (κ2) is 5.37. The molecule has 0 saturated carbocycles. The number of nitrogens with zero attached hydrogens (tertiary/aromatic N) is 1. The lowest BCUT2D eigenvalue weighted by molar-refractivity contribution is -0.384. The van der Waals surface area contributed by atoms with Gasteiger partial charge in [0.2, 0.25) is 0 Å². The highest BCUT2D eigenvalue weighted by Crippen LogP contribution is 2.18. The number of rotatable bonds is 4. The van der Waals surface area contributed by atoms with Crippen molar-refractivity contribution in [1.82, 2.24) is 0 Å². The predicted octanol–water partition coefficient (Wildman–Crippen LogP) is 0.0949. The van der Waals surface area contributed by atoms with Crippen molar-refractivity contribution in [3.05, 3.63) is 39.9 Å². The quantitative estimate of drug-likeness (QED) is 0.436. The topological polar surface area (TPSA) is 121 Å². The number of hydrogen-bond donors (Lipinski definition) is 2. The molecule has 0 fully saturated rings. The minimum absolute atomic E-state index is 0.0485. The summed E-state index contributed by atoms with van der Waals surface area (Å²) >= 11 is 0. The molecule has 0 spiro atoms. The van der Waals surface area contributed by atoms with Gasteiger partial charge in [0.25, 0.3) is 5.69 Å². The van der Waals surface area contributed by atoms with Crippen molar-refractivity contribution in [1.29, 1.82) is 0 Å². The Morgan fingerprint density at radius 3 is 2.29 bits per heavy atom. The molecule has 0 aliphatic heterocycles. The van der Waals surface area contributed by atoms with E-state index < -0.39 is 23.0 Å². The molecule has 0 amide bonds. The summed E-state index contributed by atoms with van der Waals surface area (Å²) in [7, 11) is 1.21. The molecular weight excluding hydrogens is 226 g/mol. The maximum atomic E-state index is 11.2.